The van der Waals surface area contributed by atoms with Gasteiger partial charge in [0.1, 0.15) is 11.5 Å². The highest BCUT2D eigenvalue weighted by molar-refractivity contribution is 7.99. The third kappa shape index (κ3) is 5.40. The molecule has 0 aliphatic carbocycles. The molecule has 0 aliphatic rings. The number of thioether (sulfide) groups is 1. The summed E-state index contributed by atoms with van der Waals surface area (Å²) in [5.41, 5.74) is 1.02. The first-order valence-electron chi connectivity index (χ1n) is 6.34. The Morgan fingerprint density at radius 1 is 1.17 bits per heavy atom. The van der Waals surface area contributed by atoms with Gasteiger partial charge < -0.3 is 9.47 Å². The molecule has 0 heterocycles. The first-order chi connectivity index (χ1) is 8.81. The average molecular weight is 289 g/mol. The monoisotopic (exact) mass is 288 g/mol. The summed E-state index contributed by atoms with van der Waals surface area (Å²) in [7, 11) is 0. The number of halogens is 1. The quantitative estimate of drug-likeness (QED) is 0.497. The van der Waals surface area contributed by atoms with Gasteiger partial charge in [0.15, 0.2) is 0 Å². The predicted octanol–water partition coefficient (Wildman–Crippen LogP) is 4.35. The van der Waals surface area contributed by atoms with Crippen LogP contribution in [0, 0.1) is 0 Å². The molecule has 0 N–H and O–H groups in total. The zero-order valence-electron chi connectivity index (χ0n) is 11.1. The van der Waals surface area contributed by atoms with Crippen molar-refractivity contribution in [3.8, 4) is 11.5 Å². The fraction of sp³-hybridized carbons (Fsp3) is 0.571. The van der Waals surface area contributed by atoms with Crippen LogP contribution >= 0.6 is 23.4 Å². The predicted molar refractivity (Wildman–Crippen MR) is 80.3 cm³/mol. The van der Waals surface area contributed by atoms with Crippen LogP contribution in [-0.2, 0) is 5.88 Å². The third-order valence-corrected chi connectivity index (χ3v) is 3.50. The molecule has 0 saturated carbocycles. The van der Waals surface area contributed by atoms with E-state index in [2.05, 4.69) is 13.8 Å². The molecule has 0 aliphatic heterocycles. The number of rotatable bonds is 9. The molecule has 0 bridgehead atoms. The normalized spacial score (nSPS) is 10.4. The molecule has 102 valence electrons. The van der Waals surface area contributed by atoms with Gasteiger partial charge in [0.05, 0.1) is 19.1 Å². The Morgan fingerprint density at radius 3 is 2.67 bits per heavy atom. The Morgan fingerprint density at radius 2 is 2.00 bits per heavy atom. The Kier molecular flexibility index (Phi) is 8.10. The van der Waals surface area contributed by atoms with E-state index in [1.54, 1.807) is 0 Å². The first-order valence-corrected chi connectivity index (χ1v) is 8.03. The maximum absolute atomic E-state index is 5.90. The minimum absolute atomic E-state index is 0.463. The van der Waals surface area contributed by atoms with Crippen molar-refractivity contribution in [2.75, 3.05) is 24.7 Å². The molecule has 0 amide bonds. The molecular formula is C14H21ClO2S. The van der Waals surface area contributed by atoms with Crippen LogP contribution < -0.4 is 9.47 Å². The van der Waals surface area contributed by atoms with E-state index in [4.69, 9.17) is 21.1 Å². The van der Waals surface area contributed by atoms with Crippen LogP contribution in [0.1, 0.15) is 25.8 Å². The lowest BCUT2D eigenvalue weighted by molar-refractivity contribution is 0.309. The Bertz CT molecular complexity index is 345. The molecule has 4 heteroatoms. The van der Waals surface area contributed by atoms with E-state index in [1.165, 1.54) is 0 Å². The minimum atomic E-state index is 0.463. The zero-order valence-corrected chi connectivity index (χ0v) is 12.6. The molecule has 0 radical (unpaired) electrons. The van der Waals surface area contributed by atoms with Crippen LogP contribution in [0.15, 0.2) is 18.2 Å². The molecule has 0 spiro atoms. The van der Waals surface area contributed by atoms with Gasteiger partial charge in [0, 0.05) is 17.4 Å². The highest BCUT2D eigenvalue weighted by Gasteiger charge is 2.05. The highest BCUT2D eigenvalue weighted by atomic mass is 35.5. The van der Waals surface area contributed by atoms with Gasteiger partial charge in [0.25, 0.3) is 0 Å². The second-order valence-corrected chi connectivity index (χ2v) is 5.46. The fourth-order valence-electron chi connectivity index (χ4n) is 1.44. The van der Waals surface area contributed by atoms with Gasteiger partial charge >= 0.3 is 0 Å². The maximum Gasteiger partial charge on any atom is 0.127 e. The van der Waals surface area contributed by atoms with Crippen LogP contribution in [0.4, 0.5) is 0 Å². The van der Waals surface area contributed by atoms with Crippen molar-refractivity contribution in [2.45, 2.75) is 26.1 Å². The van der Waals surface area contributed by atoms with Gasteiger partial charge in [-0.2, -0.15) is 11.8 Å². The first kappa shape index (κ1) is 15.5. The summed E-state index contributed by atoms with van der Waals surface area (Å²) in [6.07, 6.45) is 1.00. The summed E-state index contributed by atoms with van der Waals surface area (Å²) in [5, 5.41) is 0. The molecule has 1 aromatic rings. The van der Waals surface area contributed by atoms with Crippen molar-refractivity contribution in [2.24, 2.45) is 0 Å². The van der Waals surface area contributed by atoms with Crippen molar-refractivity contribution in [3.63, 3.8) is 0 Å². The summed E-state index contributed by atoms with van der Waals surface area (Å²) in [4.78, 5) is 0. The van der Waals surface area contributed by atoms with E-state index < -0.39 is 0 Å². The molecule has 2 nitrogen and oxygen atoms in total. The summed E-state index contributed by atoms with van der Waals surface area (Å²) in [6.45, 7) is 5.67. The second-order valence-electron chi connectivity index (χ2n) is 3.80. The van der Waals surface area contributed by atoms with E-state index in [0.29, 0.717) is 12.5 Å². The number of alkyl halides is 1. The molecule has 1 aromatic carbocycles. The third-order valence-electron chi connectivity index (χ3n) is 2.34. The smallest absolute Gasteiger partial charge is 0.127 e. The molecule has 0 aromatic heterocycles. The van der Waals surface area contributed by atoms with Gasteiger partial charge in [-0.05, 0) is 18.2 Å². The molecular weight excluding hydrogens is 268 g/mol. The highest BCUT2D eigenvalue weighted by Crippen LogP contribution is 2.26. The SMILES string of the molecule is CCCOc1ccc(CCl)c(OCCSCC)c1. The van der Waals surface area contributed by atoms with Crippen LogP contribution in [0.25, 0.3) is 0 Å². The lowest BCUT2D eigenvalue weighted by atomic mass is 10.2. The summed E-state index contributed by atoms with van der Waals surface area (Å²) in [5.74, 6) is 4.27. The Labute approximate surface area is 119 Å². The van der Waals surface area contributed by atoms with Crippen molar-refractivity contribution in [1.29, 1.82) is 0 Å². The van der Waals surface area contributed by atoms with Crippen molar-refractivity contribution in [3.05, 3.63) is 23.8 Å². The number of hydrogen-bond donors (Lipinski definition) is 0. The van der Waals surface area contributed by atoms with E-state index in [-0.39, 0.29) is 0 Å². The van der Waals surface area contributed by atoms with Gasteiger partial charge in [-0.25, -0.2) is 0 Å². The minimum Gasteiger partial charge on any atom is -0.493 e. The summed E-state index contributed by atoms with van der Waals surface area (Å²) < 4.78 is 11.4. The van der Waals surface area contributed by atoms with Crippen LogP contribution in [0.3, 0.4) is 0 Å². The van der Waals surface area contributed by atoms with E-state index in [0.717, 1.165) is 41.6 Å². The molecule has 0 fully saturated rings. The molecule has 0 saturated heterocycles. The van der Waals surface area contributed by atoms with E-state index in [1.807, 2.05) is 30.0 Å². The number of ether oxygens (including phenoxy) is 2. The van der Waals surface area contributed by atoms with Crippen molar-refractivity contribution >= 4 is 23.4 Å². The Hall–Kier alpha value is -0.540. The fourth-order valence-corrected chi connectivity index (χ4v) is 2.15. The molecule has 18 heavy (non-hydrogen) atoms. The Balaban J connectivity index is 2.60. The number of hydrogen-bond acceptors (Lipinski definition) is 3. The second kappa shape index (κ2) is 9.40. The maximum atomic E-state index is 5.90. The van der Waals surface area contributed by atoms with Gasteiger partial charge in [-0.1, -0.05) is 19.9 Å². The lowest BCUT2D eigenvalue weighted by Crippen LogP contribution is -2.03. The van der Waals surface area contributed by atoms with Gasteiger partial charge in [0.2, 0.25) is 0 Å². The van der Waals surface area contributed by atoms with E-state index >= 15 is 0 Å². The van der Waals surface area contributed by atoms with Gasteiger partial charge in [-0.15, -0.1) is 11.6 Å². The largest absolute Gasteiger partial charge is 0.493 e. The van der Waals surface area contributed by atoms with Crippen LogP contribution in [0.2, 0.25) is 0 Å². The van der Waals surface area contributed by atoms with Crippen LogP contribution in [-0.4, -0.2) is 24.7 Å². The van der Waals surface area contributed by atoms with Crippen molar-refractivity contribution < 1.29 is 9.47 Å². The zero-order chi connectivity index (χ0) is 13.2. The lowest BCUT2D eigenvalue weighted by Gasteiger charge is -2.12. The summed E-state index contributed by atoms with van der Waals surface area (Å²) >= 11 is 7.77. The van der Waals surface area contributed by atoms with Crippen molar-refractivity contribution in [1.82, 2.24) is 0 Å². The number of benzene rings is 1. The standard InChI is InChI=1S/C14H21ClO2S/c1-3-7-16-13-6-5-12(11-15)14(10-13)17-8-9-18-4-2/h5-6,10H,3-4,7-9,11H2,1-2H3. The average Bonchev–Trinajstić information content (AvgIpc) is 2.41. The topological polar surface area (TPSA) is 18.5 Å². The summed E-state index contributed by atoms with van der Waals surface area (Å²) in [6, 6.07) is 5.85. The van der Waals surface area contributed by atoms with Crippen LogP contribution in [0.5, 0.6) is 11.5 Å². The molecule has 0 unspecified atom stereocenters. The van der Waals surface area contributed by atoms with E-state index in [9.17, 15) is 0 Å². The molecule has 1 rings (SSSR count). The van der Waals surface area contributed by atoms with Gasteiger partial charge in [-0.3, -0.25) is 0 Å². The molecule has 0 atom stereocenters.